The maximum Gasteiger partial charge on any atom is 0.314 e. The molecule has 0 saturated heterocycles. The maximum absolute atomic E-state index is 11.4. The van der Waals surface area contributed by atoms with Crippen LogP contribution in [0.2, 0.25) is 0 Å². The molecule has 0 rings (SSSR count). The first-order valence-corrected chi connectivity index (χ1v) is 6.54. The Balaban J connectivity index is 3.99. The fourth-order valence-corrected chi connectivity index (χ4v) is 1.37. The Bertz CT molecular complexity index is 317. The first-order valence-electron chi connectivity index (χ1n) is 4.97. The van der Waals surface area contributed by atoms with E-state index in [-0.39, 0.29) is 19.6 Å². The molecule has 0 spiro atoms. The number of ether oxygens (including phenoxy) is 1. The SMILES string of the molecule is CCC(C)(CO)C(=O)OCCCS(=O)(=O)[O-]. The molecule has 0 aromatic carbocycles. The molecular weight excluding hydrogens is 236 g/mol. The van der Waals surface area contributed by atoms with Gasteiger partial charge in [0.1, 0.15) is 0 Å². The lowest BCUT2D eigenvalue weighted by Gasteiger charge is -2.23. The second kappa shape index (κ2) is 6.17. The highest BCUT2D eigenvalue weighted by atomic mass is 32.2. The first kappa shape index (κ1) is 15.3. The topological polar surface area (TPSA) is 104 Å². The summed E-state index contributed by atoms with van der Waals surface area (Å²) >= 11 is 0. The van der Waals surface area contributed by atoms with Crippen molar-refractivity contribution in [3.05, 3.63) is 0 Å². The minimum Gasteiger partial charge on any atom is -0.748 e. The van der Waals surface area contributed by atoms with Crippen molar-refractivity contribution in [2.45, 2.75) is 26.7 Å². The molecule has 0 aromatic rings. The normalized spacial score (nSPS) is 15.5. The zero-order valence-corrected chi connectivity index (χ0v) is 10.2. The number of rotatable bonds is 7. The predicted octanol–water partition coefficient (Wildman–Crippen LogP) is -0.126. The van der Waals surface area contributed by atoms with Gasteiger partial charge in [0.2, 0.25) is 0 Å². The van der Waals surface area contributed by atoms with Gasteiger partial charge in [0, 0.05) is 5.75 Å². The van der Waals surface area contributed by atoms with E-state index in [1.807, 2.05) is 0 Å². The number of esters is 1. The van der Waals surface area contributed by atoms with Gasteiger partial charge in [-0.05, 0) is 19.8 Å². The molecule has 16 heavy (non-hydrogen) atoms. The Kier molecular flexibility index (Phi) is 5.91. The molecule has 0 heterocycles. The van der Waals surface area contributed by atoms with E-state index >= 15 is 0 Å². The fourth-order valence-electron chi connectivity index (χ4n) is 0.895. The van der Waals surface area contributed by atoms with Crippen LogP contribution in [0.5, 0.6) is 0 Å². The van der Waals surface area contributed by atoms with Gasteiger partial charge in [-0.2, -0.15) is 0 Å². The molecule has 7 heteroatoms. The standard InChI is InChI=1S/C9H18O6S/c1-3-9(2,7-10)8(11)15-5-4-6-16(12,13)14/h10H,3-7H2,1-2H3,(H,12,13,14)/p-1. The van der Waals surface area contributed by atoms with E-state index in [0.717, 1.165) is 0 Å². The average molecular weight is 253 g/mol. The highest BCUT2D eigenvalue weighted by Crippen LogP contribution is 2.21. The van der Waals surface area contributed by atoms with Gasteiger partial charge in [-0.1, -0.05) is 6.92 Å². The molecule has 1 atom stereocenters. The van der Waals surface area contributed by atoms with Crippen LogP contribution in [-0.4, -0.2) is 43.0 Å². The van der Waals surface area contributed by atoms with Crippen molar-refractivity contribution in [1.29, 1.82) is 0 Å². The molecule has 0 amide bonds. The third kappa shape index (κ3) is 5.43. The molecule has 0 bridgehead atoms. The van der Waals surface area contributed by atoms with Gasteiger partial charge >= 0.3 is 5.97 Å². The molecular formula is C9H17O6S-. The van der Waals surface area contributed by atoms with Crippen molar-refractivity contribution in [2.75, 3.05) is 19.0 Å². The quantitative estimate of drug-likeness (QED) is 0.385. The summed E-state index contributed by atoms with van der Waals surface area (Å²) in [5.41, 5.74) is -0.962. The molecule has 0 radical (unpaired) electrons. The van der Waals surface area contributed by atoms with Crippen LogP contribution in [0.3, 0.4) is 0 Å². The van der Waals surface area contributed by atoms with Crippen LogP contribution in [0.1, 0.15) is 26.7 Å². The van der Waals surface area contributed by atoms with E-state index in [0.29, 0.717) is 6.42 Å². The molecule has 0 saturated carbocycles. The van der Waals surface area contributed by atoms with Crippen LogP contribution in [-0.2, 0) is 19.6 Å². The van der Waals surface area contributed by atoms with Gasteiger partial charge in [-0.25, -0.2) is 8.42 Å². The van der Waals surface area contributed by atoms with Gasteiger partial charge in [0.25, 0.3) is 0 Å². The van der Waals surface area contributed by atoms with Gasteiger partial charge in [0.05, 0.1) is 28.7 Å². The summed E-state index contributed by atoms with van der Waals surface area (Å²) in [6.07, 6.45) is 0.394. The second-order valence-corrected chi connectivity index (χ2v) is 5.35. The van der Waals surface area contributed by atoms with Crippen LogP contribution < -0.4 is 0 Å². The number of carbonyl (C=O) groups excluding carboxylic acids is 1. The summed E-state index contributed by atoms with van der Waals surface area (Å²) in [7, 11) is -4.26. The predicted molar refractivity (Wildman–Crippen MR) is 55.6 cm³/mol. The summed E-state index contributed by atoms with van der Waals surface area (Å²) in [5, 5.41) is 8.99. The lowest BCUT2D eigenvalue weighted by Crippen LogP contribution is -2.33. The van der Waals surface area contributed by atoms with Crippen molar-refractivity contribution >= 4 is 16.1 Å². The monoisotopic (exact) mass is 253 g/mol. The second-order valence-electron chi connectivity index (χ2n) is 3.82. The van der Waals surface area contributed by atoms with E-state index in [2.05, 4.69) is 0 Å². The summed E-state index contributed by atoms with van der Waals surface area (Å²) in [6, 6.07) is 0. The van der Waals surface area contributed by atoms with Gasteiger partial charge < -0.3 is 14.4 Å². The zero-order chi connectivity index (χ0) is 12.8. The molecule has 0 aliphatic carbocycles. The average Bonchev–Trinajstić information content (AvgIpc) is 2.21. The lowest BCUT2D eigenvalue weighted by molar-refractivity contribution is -0.157. The van der Waals surface area contributed by atoms with Crippen molar-refractivity contribution in [3.63, 3.8) is 0 Å². The summed E-state index contributed by atoms with van der Waals surface area (Å²) in [6.45, 7) is 2.83. The largest absolute Gasteiger partial charge is 0.748 e. The Morgan fingerprint density at radius 2 is 2.06 bits per heavy atom. The van der Waals surface area contributed by atoms with Crippen LogP contribution in [0.15, 0.2) is 0 Å². The van der Waals surface area contributed by atoms with Gasteiger partial charge in [-0.3, -0.25) is 4.79 Å². The lowest BCUT2D eigenvalue weighted by atomic mass is 9.89. The summed E-state index contributed by atoms with van der Waals surface area (Å²) < 4.78 is 35.5. The molecule has 0 fully saturated rings. The van der Waals surface area contributed by atoms with Gasteiger partial charge in [0.15, 0.2) is 0 Å². The third-order valence-electron chi connectivity index (χ3n) is 2.39. The fraction of sp³-hybridized carbons (Fsp3) is 0.889. The molecule has 1 unspecified atom stereocenters. The number of aliphatic hydroxyl groups is 1. The first-order chi connectivity index (χ1) is 7.25. The van der Waals surface area contributed by atoms with Crippen molar-refractivity contribution in [1.82, 2.24) is 0 Å². The van der Waals surface area contributed by atoms with E-state index in [1.165, 1.54) is 0 Å². The van der Waals surface area contributed by atoms with Crippen molar-refractivity contribution < 1.29 is 27.6 Å². The Morgan fingerprint density at radius 1 is 1.50 bits per heavy atom. The van der Waals surface area contributed by atoms with E-state index < -0.39 is 27.3 Å². The molecule has 0 aromatic heterocycles. The third-order valence-corrected chi connectivity index (χ3v) is 3.18. The van der Waals surface area contributed by atoms with E-state index in [1.54, 1.807) is 13.8 Å². The smallest absolute Gasteiger partial charge is 0.314 e. The highest BCUT2D eigenvalue weighted by Gasteiger charge is 2.32. The number of carbonyl (C=O) groups is 1. The Morgan fingerprint density at radius 3 is 2.44 bits per heavy atom. The maximum atomic E-state index is 11.4. The molecule has 0 aliphatic heterocycles. The molecule has 6 nitrogen and oxygen atoms in total. The molecule has 96 valence electrons. The minimum absolute atomic E-state index is 0.0250. The Labute approximate surface area is 95.4 Å². The van der Waals surface area contributed by atoms with E-state index in [4.69, 9.17) is 9.84 Å². The van der Waals surface area contributed by atoms with Crippen LogP contribution in [0, 0.1) is 5.41 Å². The highest BCUT2D eigenvalue weighted by molar-refractivity contribution is 7.85. The zero-order valence-electron chi connectivity index (χ0n) is 9.43. The summed E-state index contributed by atoms with van der Waals surface area (Å²) in [4.78, 5) is 11.4. The van der Waals surface area contributed by atoms with Crippen LogP contribution in [0.25, 0.3) is 0 Å². The summed E-state index contributed by atoms with van der Waals surface area (Å²) in [5.74, 6) is -1.14. The van der Waals surface area contributed by atoms with Crippen molar-refractivity contribution in [2.24, 2.45) is 5.41 Å². The number of aliphatic hydroxyl groups excluding tert-OH is 1. The van der Waals surface area contributed by atoms with Gasteiger partial charge in [-0.15, -0.1) is 0 Å². The number of hydrogen-bond donors (Lipinski definition) is 1. The Hall–Kier alpha value is -0.660. The molecule has 0 aliphatic rings. The van der Waals surface area contributed by atoms with Crippen LogP contribution >= 0.6 is 0 Å². The molecule has 1 N–H and O–H groups in total. The minimum atomic E-state index is -4.26. The van der Waals surface area contributed by atoms with Crippen molar-refractivity contribution in [3.8, 4) is 0 Å². The van der Waals surface area contributed by atoms with E-state index in [9.17, 15) is 17.8 Å². The number of hydrogen-bond acceptors (Lipinski definition) is 6. The van der Waals surface area contributed by atoms with Crippen LogP contribution in [0.4, 0.5) is 0 Å².